The van der Waals surface area contributed by atoms with Crippen LogP contribution in [0.3, 0.4) is 0 Å². The van der Waals surface area contributed by atoms with Gasteiger partial charge in [-0.25, -0.2) is 9.78 Å². The number of piperidine rings is 1. The molecule has 12 heteroatoms. The number of likely N-dealkylation sites (tertiary alicyclic amines) is 1. The van der Waals surface area contributed by atoms with Gasteiger partial charge in [-0.15, -0.1) is 0 Å². The number of rotatable bonds is 14. The number of nitrogens with one attached hydrogen (secondary N) is 2. The number of nitrogens with zero attached hydrogens (tertiary/aromatic N) is 4. The third-order valence-corrected chi connectivity index (χ3v) is 10.4. The second-order valence-corrected chi connectivity index (χ2v) is 14.1. The van der Waals surface area contributed by atoms with Crippen molar-refractivity contribution in [3.8, 4) is 22.2 Å². The molecule has 0 aliphatic carbocycles. The second kappa shape index (κ2) is 17.1. The lowest BCUT2D eigenvalue weighted by atomic mass is 10.1. The number of thiazole rings is 1. The fourth-order valence-corrected chi connectivity index (χ4v) is 7.35. The number of aliphatic hydroxyl groups excluding tert-OH is 1. The molecular formula is C40H48N6O5S. The Hall–Kier alpha value is -4.91. The molecule has 3 N–H and O–H groups in total. The predicted octanol–water partition coefficient (Wildman–Crippen LogP) is 8.21. The van der Waals surface area contributed by atoms with Gasteiger partial charge < -0.3 is 29.8 Å². The van der Waals surface area contributed by atoms with Gasteiger partial charge in [0.05, 0.1) is 24.9 Å². The first-order chi connectivity index (χ1) is 25.3. The molecule has 3 aromatic carbocycles. The molecule has 1 aliphatic heterocycles. The highest BCUT2D eigenvalue weighted by Gasteiger charge is 2.23. The standard InChI is InChI=1S/C40H48N6O5S/c1-5-20-45(40-41-24-37(52-40)51-35-17-14-30(23-36(35)50-4)43-39(49)42-29(6-2)7-3)38(48)27-12-15-31(16-13-27)46-26-28(33-10-8-9-11-34(33)46)25-44-21-18-32(47)19-22-44/h8-17,23-24,26,29,32,47H,5-7,18-22,25H2,1-4H3,(H2,42,43,49). The topological polar surface area (TPSA) is 121 Å². The molecule has 6 rings (SSSR count). The van der Waals surface area contributed by atoms with Crippen LogP contribution in [-0.4, -0.2) is 70.4 Å². The van der Waals surface area contributed by atoms with Crippen LogP contribution in [0.15, 0.2) is 79.1 Å². The van der Waals surface area contributed by atoms with E-state index in [1.807, 2.05) is 51.1 Å². The number of urea groups is 1. The zero-order valence-corrected chi connectivity index (χ0v) is 31.1. The Balaban J connectivity index is 1.15. The van der Waals surface area contributed by atoms with Crippen LogP contribution >= 0.6 is 11.3 Å². The number of para-hydroxylation sites is 1. The fourth-order valence-electron chi connectivity index (χ4n) is 6.54. The lowest BCUT2D eigenvalue weighted by Gasteiger charge is -2.29. The van der Waals surface area contributed by atoms with Crippen molar-refractivity contribution in [1.82, 2.24) is 19.8 Å². The van der Waals surface area contributed by atoms with Crippen LogP contribution in [-0.2, 0) is 6.54 Å². The number of amides is 3. The van der Waals surface area contributed by atoms with Gasteiger partial charge in [0.15, 0.2) is 16.6 Å². The zero-order valence-electron chi connectivity index (χ0n) is 30.3. The molecule has 0 atom stereocenters. The molecule has 2 aromatic heterocycles. The molecule has 0 bridgehead atoms. The Morgan fingerprint density at radius 2 is 1.77 bits per heavy atom. The van der Waals surface area contributed by atoms with E-state index < -0.39 is 0 Å². The smallest absolute Gasteiger partial charge is 0.319 e. The molecule has 5 aromatic rings. The number of anilines is 2. The SMILES string of the molecule is CCCN(C(=O)c1ccc(-n2cc(CN3CCC(O)CC3)c3ccccc32)cc1)c1ncc(Oc2ccc(NC(=O)NC(CC)CC)cc2OC)s1. The van der Waals surface area contributed by atoms with Crippen LogP contribution in [0.2, 0.25) is 0 Å². The average molecular weight is 725 g/mol. The third-order valence-electron chi connectivity index (χ3n) is 9.49. The number of hydrogen-bond acceptors (Lipinski definition) is 8. The molecule has 3 amide bonds. The normalized spacial score (nSPS) is 13.7. The van der Waals surface area contributed by atoms with E-state index in [0.717, 1.165) is 62.9 Å². The Kier molecular flexibility index (Phi) is 12.1. The molecule has 3 heterocycles. The minimum Gasteiger partial charge on any atom is -0.493 e. The number of hydrogen-bond donors (Lipinski definition) is 3. The fraction of sp³-hybridized carbons (Fsp3) is 0.375. The van der Waals surface area contributed by atoms with E-state index in [1.165, 1.54) is 22.3 Å². The summed E-state index contributed by atoms with van der Waals surface area (Å²) in [4.78, 5) is 35.0. The van der Waals surface area contributed by atoms with Crippen LogP contribution in [0, 0.1) is 0 Å². The van der Waals surface area contributed by atoms with E-state index >= 15 is 0 Å². The maximum absolute atomic E-state index is 13.9. The van der Waals surface area contributed by atoms with Gasteiger partial charge in [-0.2, -0.15) is 0 Å². The van der Waals surface area contributed by atoms with Gasteiger partial charge in [-0.05, 0) is 80.1 Å². The van der Waals surface area contributed by atoms with Crippen molar-refractivity contribution >= 4 is 45.0 Å². The molecule has 0 spiro atoms. The van der Waals surface area contributed by atoms with Gasteiger partial charge >= 0.3 is 6.03 Å². The first kappa shape index (κ1) is 36.9. The van der Waals surface area contributed by atoms with Crippen molar-refractivity contribution in [2.45, 2.75) is 71.6 Å². The van der Waals surface area contributed by atoms with Crippen LogP contribution in [0.25, 0.3) is 16.6 Å². The minimum absolute atomic E-state index is 0.107. The number of fused-ring (bicyclic) bond motifs is 1. The lowest BCUT2D eigenvalue weighted by molar-refractivity contribution is 0.0794. The van der Waals surface area contributed by atoms with E-state index in [1.54, 1.807) is 36.4 Å². The van der Waals surface area contributed by atoms with Crippen molar-refractivity contribution in [1.29, 1.82) is 0 Å². The van der Waals surface area contributed by atoms with Gasteiger partial charge in [0.1, 0.15) is 0 Å². The van der Waals surface area contributed by atoms with Gasteiger partial charge in [0.25, 0.3) is 5.91 Å². The highest BCUT2D eigenvalue weighted by atomic mass is 32.1. The van der Waals surface area contributed by atoms with Gasteiger partial charge in [0, 0.05) is 66.8 Å². The minimum atomic E-state index is -0.273. The Morgan fingerprint density at radius 3 is 2.48 bits per heavy atom. The summed E-state index contributed by atoms with van der Waals surface area (Å²) < 4.78 is 13.9. The van der Waals surface area contributed by atoms with E-state index in [2.05, 4.69) is 49.5 Å². The van der Waals surface area contributed by atoms with Gasteiger partial charge in [-0.1, -0.05) is 50.3 Å². The number of aromatic nitrogens is 2. The highest BCUT2D eigenvalue weighted by Crippen LogP contribution is 2.38. The number of aliphatic hydroxyl groups is 1. The Labute approximate surface area is 309 Å². The first-order valence-electron chi connectivity index (χ1n) is 18.1. The first-order valence-corrected chi connectivity index (χ1v) is 18.9. The lowest BCUT2D eigenvalue weighted by Crippen LogP contribution is -2.37. The van der Waals surface area contributed by atoms with Crippen LogP contribution < -0.4 is 25.0 Å². The van der Waals surface area contributed by atoms with E-state index in [9.17, 15) is 14.7 Å². The highest BCUT2D eigenvalue weighted by molar-refractivity contribution is 7.17. The van der Waals surface area contributed by atoms with Crippen molar-refractivity contribution in [2.24, 2.45) is 0 Å². The summed E-state index contributed by atoms with van der Waals surface area (Å²) in [6.07, 6.45) is 7.67. The second-order valence-electron chi connectivity index (χ2n) is 13.1. The largest absolute Gasteiger partial charge is 0.493 e. The van der Waals surface area contributed by atoms with E-state index in [-0.39, 0.29) is 24.1 Å². The summed E-state index contributed by atoms with van der Waals surface area (Å²) in [7, 11) is 1.54. The number of methoxy groups -OCH3 is 1. The molecule has 1 aliphatic rings. The number of carbonyl (C=O) groups excluding carboxylic acids is 2. The summed E-state index contributed by atoms with van der Waals surface area (Å²) in [5, 5.41) is 18.0. The molecule has 1 fully saturated rings. The van der Waals surface area contributed by atoms with Crippen molar-refractivity contribution in [3.05, 3.63) is 90.3 Å². The van der Waals surface area contributed by atoms with E-state index in [0.29, 0.717) is 39.5 Å². The van der Waals surface area contributed by atoms with Gasteiger partial charge in [-0.3, -0.25) is 14.6 Å². The quantitative estimate of drug-likeness (QED) is 0.106. The zero-order chi connectivity index (χ0) is 36.6. The molecule has 274 valence electrons. The predicted molar refractivity (Wildman–Crippen MR) is 207 cm³/mol. The van der Waals surface area contributed by atoms with Crippen molar-refractivity contribution < 1.29 is 24.2 Å². The van der Waals surface area contributed by atoms with Gasteiger partial charge in [0.2, 0.25) is 5.06 Å². The van der Waals surface area contributed by atoms with Crippen LogP contribution in [0.5, 0.6) is 16.6 Å². The molecule has 11 nitrogen and oxygen atoms in total. The summed E-state index contributed by atoms with van der Waals surface area (Å²) >= 11 is 1.28. The monoisotopic (exact) mass is 724 g/mol. The van der Waals surface area contributed by atoms with E-state index in [4.69, 9.17) is 9.47 Å². The summed E-state index contributed by atoms with van der Waals surface area (Å²) in [6, 6.07) is 21.1. The average Bonchev–Trinajstić information content (AvgIpc) is 3.78. The Bertz CT molecular complexity index is 1960. The number of benzene rings is 3. The molecule has 1 saturated heterocycles. The molecule has 0 saturated carbocycles. The summed E-state index contributed by atoms with van der Waals surface area (Å²) in [6.45, 7) is 9.20. The molecule has 52 heavy (non-hydrogen) atoms. The molecule has 0 radical (unpaired) electrons. The maximum atomic E-state index is 13.9. The maximum Gasteiger partial charge on any atom is 0.319 e. The summed E-state index contributed by atoms with van der Waals surface area (Å²) in [5.41, 5.74) is 4.47. The number of ether oxygens (including phenoxy) is 2. The third kappa shape index (κ3) is 8.58. The Morgan fingerprint density at radius 1 is 1.02 bits per heavy atom. The van der Waals surface area contributed by atoms with Crippen molar-refractivity contribution in [3.63, 3.8) is 0 Å². The van der Waals surface area contributed by atoms with Crippen LogP contribution in [0.1, 0.15) is 68.8 Å². The van der Waals surface area contributed by atoms with Crippen molar-refractivity contribution in [2.75, 3.05) is 37.0 Å². The van der Waals surface area contributed by atoms with Crippen LogP contribution in [0.4, 0.5) is 15.6 Å². The number of carbonyl (C=O) groups is 2. The summed E-state index contributed by atoms with van der Waals surface area (Å²) in [5.74, 6) is 0.771. The molecular weight excluding hydrogens is 677 g/mol. The molecule has 0 unspecified atom stereocenters.